The van der Waals surface area contributed by atoms with Gasteiger partial charge in [0, 0.05) is 18.0 Å². The number of carbonyl (C=O) groups is 2. The largest absolute Gasteiger partial charge is 0.467 e. The fourth-order valence-electron chi connectivity index (χ4n) is 2.35. The minimum Gasteiger partial charge on any atom is -0.467 e. The summed E-state index contributed by atoms with van der Waals surface area (Å²) in [4.78, 5) is 29.6. The number of aromatic nitrogens is 1. The highest BCUT2D eigenvalue weighted by molar-refractivity contribution is 7.09. The molecule has 2 unspecified atom stereocenters. The maximum Gasteiger partial charge on any atom is 0.328 e. The zero-order chi connectivity index (χ0) is 13.1. The van der Waals surface area contributed by atoms with Gasteiger partial charge in [0.1, 0.15) is 11.0 Å². The SMILES string of the molecule is CCC(c1nccs1)N1C(=O)CCC1C(=O)OC. The molecule has 0 radical (unpaired) electrons. The molecule has 0 bridgehead atoms. The maximum absolute atomic E-state index is 12.0. The van der Waals surface area contributed by atoms with Crippen molar-refractivity contribution in [1.82, 2.24) is 9.88 Å². The summed E-state index contributed by atoms with van der Waals surface area (Å²) in [6.07, 6.45) is 3.40. The molecule has 0 N–H and O–H groups in total. The summed E-state index contributed by atoms with van der Waals surface area (Å²) in [7, 11) is 1.35. The zero-order valence-corrected chi connectivity index (χ0v) is 11.3. The van der Waals surface area contributed by atoms with Crippen molar-refractivity contribution < 1.29 is 14.3 Å². The predicted octanol–water partition coefficient (Wildman–Crippen LogP) is 1.76. The van der Waals surface area contributed by atoms with Crippen molar-refractivity contribution in [1.29, 1.82) is 0 Å². The van der Waals surface area contributed by atoms with Gasteiger partial charge in [-0.2, -0.15) is 0 Å². The minimum atomic E-state index is -0.462. The molecule has 0 saturated carbocycles. The molecule has 1 aromatic rings. The van der Waals surface area contributed by atoms with Gasteiger partial charge < -0.3 is 9.64 Å². The molecule has 98 valence electrons. The lowest BCUT2D eigenvalue weighted by Gasteiger charge is -2.29. The van der Waals surface area contributed by atoms with E-state index in [1.165, 1.54) is 18.4 Å². The lowest BCUT2D eigenvalue weighted by Crippen LogP contribution is -2.41. The van der Waals surface area contributed by atoms with E-state index in [9.17, 15) is 9.59 Å². The van der Waals surface area contributed by atoms with Crippen LogP contribution in [0.15, 0.2) is 11.6 Å². The summed E-state index contributed by atoms with van der Waals surface area (Å²) in [5.74, 6) is -0.330. The molecular formula is C12H16N2O3S. The second kappa shape index (κ2) is 5.48. The van der Waals surface area contributed by atoms with Gasteiger partial charge in [-0.05, 0) is 12.8 Å². The summed E-state index contributed by atoms with van der Waals surface area (Å²) in [5, 5.41) is 2.76. The fraction of sp³-hybridized carbons (Fsp3) is 0.583. The van der Waals surface area contributed by atoms with Gasteiger partial charge in [0.25, 0.3) is 0 Å². The van der Waals surface area contributed by atoms with Crippen LogP contribution in [0.5, 0.6) is 0 Å². The van der Waals surface area contributed by atoms with Crippen LogP contribution in [0.4, 0.5) is 0 Å². The van der Waals surface area contributed by atoms with Crippen molar-refractivity contribution >= 4 is 23.2 Å². The average molecular weight is 268 g/mol. The van der Waals surface area contributed by atoms with E-state index < -0.39 is 6.04 Å². The molecule has 0 spiro atoms. The topological polar surface area (TPSA) is 59.5 Å². The molecule has 2 atom stereocenters. The summed E-state index contributed by atoms with van der Waals surface area (Å²) in [6, 6.07) is -0.583. The summed E-state index contributed by atoms with van der Waals surface area (Å²) < 4.78 is 4.77. The first-order chi connectivity index (χ1) is 8.69. The average Bonchev–Trinajstić information content (AvgIpc) is 3.01. The van der Waals surface area contributed by atoms with Crippen molar-refractivity contribution in [3.63, 3.8) is 0 Å². The van der Waals surface area contributed by atoms with E-state index in [1.807, 2.05) is 12.3 Å². The Labute approximate surface area is 110 Å². The first-order valence-corrected chi connectivity index (χ1v) is 6.85. The third-order valence-corrected chi connectivity index (χ3v) is 4.06. The normalized spacial score (nSPS) is 21.1. The van der Waals surface area contributed by atoms with E-state index >= 15 is 0 Å². The van der Waals surface area contributed by atoms with Crippen LogP contribution in [0.25, 0.3) is 0 Å². The van der Waals surface area contributed by atoms with Crippen LogP contribution in [0.2, 0.25) is 0 Å². The van der Waals surface area contributed by atoms with Crippen LogP contribution in [0, 0.1) is 0 Å². The first-order valence-electron chi connectivity index (χ1n) is 5.97. The Morgan fingerprint density at radius 1 is 1.72 bits per heavy atom. The number of ether oxygens (including phenoxy) is 1. The van der Waals surface area contributed by atoms with Gasteiger partial charge in [0.2, 0.25) is 5.91 Å². The van der Waals surface area contributed by atoms with E-state index in [2.05, 4.69) is 4.98 Å². The molecule has 0 aromatic carbocycles. The standard InChI is InChI=1S/C12H16N2O3S/c1-3-8(11-13-6-7-18-11)14-9(12(16)17-2)4-5-10(14)15/h6-9H,3-5H2,1-2H3. The quantitative estimate of drug-likeness (QED) is 0.781. The second-order valence-corrected chi connectivity index (χ2v) is 5.10. The number of rotatable bonds is 4. The lowest BCUT2D eigenvalue weighted by atomic mass is 10.1. The Morgan fingerprint density at radius 2 is 2.50 bits per heavy atom. The Balaban J connectivity index is 2.27. The Hall–Kier alpha value is -1.43. The lowest BCUT2D eigenvalue weighted by molar-refractivity contribution is -0.151. The molecule has 5 nitrogen and oxygen atoms in total. The second-order valence-electron chi connectivity index (χ2n) is 4.17. The Morgan fingerprint density at radius 3 is 3.06 bits per heavy atom. The van der Waals surface area contributed by atoms with Crippen LogP contribution < -0.4 is 0 Å². The number of hydrogen-bond acceptors (Lipinski definition) is 5. The van der Waals surface area contributed by atoms with E-state index in [0.717, 1.165) is 11.4 Å². The molecule has 1 aromatic heterocycles. The van der Waals surface area contributed by atoms with Crippen molar-refractivity contribution in [3.05, 3.63) is 16.6 Å². The molecule has 18 heavy (non-hydrogen) atoms. The molecule has 2 heterocycles. The third-order valence-electron chi connectivity index (χ3n) is 3.19. The number of hydrogen-bond donors (Lipinski definition) is 0. The van der Waals surface area contributed by atoms with Gasteiger partial charge in [-0.15, -0.1) is 11.3 Å². The molecule has 1 amide bonds. The van der Waals surface area contributed by atoms with Crippen molar-refractivity contribution in [2.45, 2.75) is 38.3 Å². The van der Waals surface area contributed by atoms with Gasteiger partial charge >= 0.3 is 5.97 Å². The Kier molecular flexibility index (Phi) is 3.96. The number of nitrogens with zero attached hydrogens (tertiary/aromatic N) is 2. The minimum absolute atomic E-state index is 0.00690. The number of carbonyl (C=O) groups excluding carboxylic acids is 2. The summed E-state index contributed by atoms with van der Waals surface area (Å²) in [5.41, 5.74) is 0. The molecule has 0 aliphatic carbocycles. The molecular weight excluding hydrogens is 252 g/mol. The van der Waals surface area contributed by atoms with Crippen molar-refractivity contribution in [3.8, 4) is 0 Å². The summed E-state index contributed by atoms with van der Waals surface area (Å²) in [6.45, 7) is 1.99. The third kappa shape index (κ3) is 2.25. The fourth-order valence-corrected chi connectivity index (χ4v) is 3.17. The van der Waals surface area contributed by atoms with Gasteiger partial charge in [-0.1, -0.05) is 6.92 Å². The van der Waals surface area contributed by atoms with E-state index in [-0.39, 0.29) is 17.9 Å². The highest BCUT2D eigenvalue weighted by atomic mass is 32.1. The number of thiazole rings is 1. The van der Waals surface area contributed by atoms with Crippen LogP contribution in [0.3, 0.4) is 0 Å². The molecule has 1 fully saturated rings. The van der Waals surface area contributed by atoms with Gasteiger partial charge in [-0.25, -0.2) is 9.78 Å². The van der Waals surface area contributed by atoms with Crippen molar-refractivity contribution in [2.24, 2.45) is 0 Å². The van der Waals surface area contributed by atoms with E-state index in [0.29, 0.717) is 12.8 Å². The van der Waals surface area contributed by atoms with Gasteiger partial charge in [0.05, 0.1) is 13.2 Å². The highest BCUT2D eigenvalue weighted by Crippen LogP contribution is 2.33. The molecule has 1 aliphatic heterocycles. The smallest absolute Gasteiger partial charge is 0.328 e. The van der Waals surface area contributed by atoms with E-state index in [4.69, 9.17) is 4.74 Å². The maximum atomic E-state index is 12.0. The monoisotopic (exact) mass is 268 g/mol. The van der Waals surface area contributed by atoms with Gasteiger partial charge in [0.15, 0.2) is 0 Å². The zero-order valence-electron chi connectivity index (χ0n) is 10.5. The molecule has 1 saturated heterocycles. The number of likely N-dealkylation sites (tertiary alicyclic amines) is 1. The number of methoxy groups -OCH3 is 1. The van der Waals surface area contributed by atoms with Crippen LogP contribution >= 0.6 is 11.3 Å². The van der Waals surface area contributed by atoms with E-state index in [1.54, 1.807) is 11.1 Å². The van der Waals surface area contributed by atoms with Crippen LogP contribution in [-0.2, 0) is 14.3 Å². The Bertz CT molecular complexity index is 433. The van der Waals surface area contributed by atoms with Gasteiger partial charge in [-0.3, -0.25) is 4.79 Å². The number of esters is 1. The number of amides is 1. The molecule has 2 rings (SSSR count). The highest BCUT2D eigenvalue weighted by Gasteiger charge is 2.41. The molecule has 6 heteroatoms. The first kappa shape index (κ1) is 13.0. The predicted molar refractivity (Wildman–Crippen MR) is 67.0 cm³/mol. The van der Waals surface area contributed by atoms with Crippen molar-refractivity contribution in [2.75, 3.05) is 7.11 Å². The van der Waals surface area contributed by atoms with Crippen LogP contribution in [-0.4, -0.2) is 34.9 Å². The molecule has 1 aliphatic rings. The van der Waals surface area contributed by atoms with Crippen LogP contribution in [0.1, 0.15) is 37.2 Å². The summed E-state index contributed by atoms with van der Waals surface area (Å²) >= 11 is 1.51.